The Morgan fingerprint density at radius 1 is 1.21 bits per heavy atom. The first-order chi connectivity index (χ1) is 9.28. The van der Waals surface area contributed by atoms with E-state index < -0.39 is 0 Å². The molecule has 0 fully saturated rings. The van der Waals surface area contributed by atoms with Crippen molar-refractivity contribution in [2.45, 2.75) is 13.1 Å². The maximum Gasteiger partial charge on any atom is 0.125 e. The van der Waals surface area contributed by atoms with Crippen LogP contribution in [0.25, 0.3) is 10.9 Å². The maximum atomic E-state index is 13.3. The van der Waals surface area contributed by atoms with E-state index in [0.717, 1.165) is 22.2 Å². The first-order valence-corrected chi connectivity index (χ1v) is 6.15. The van der Waals surface area contributed by atoms with E-state index in [0.29, 0.717) is 13.1 Å². The number of fused-ring (bicyclic) bond motifs is 1. The number of pyridine rings is 1. The molecular formula is C15H14FN3. The van der Waals surface area contributed by atoms with Gasteiger partial charge in [-0.2, -0.15) is 0 Å². The topological polar surface area (TPSA) is 43.8 Å². The predicted molar refractivity (Wildman–Crippen MR) is 73.1 cm³/mol. The van der Waals surface area contributed by atoms with Crippen LogP contribution in [0.2, 0.25) is 0 Å². The average Bonchev–Trinajstić information content (AvgIpc) is 2.82. The molecule has 3 rings (SSSR count). The molecule has 0 saturated heterocycles. The number of halogens is 1. The van der Waals surface area contributed by atoms with Crippen molar-refractivity contribution in [2.75, 3.05) is 0 Å². The monoisotopic (exact) mass is 255 g/mol. The largest absolute Gasteiger partial charge is 0.343 e. The molecule has 1 aromatic carbocycles. The van der Waals surface area contributed by atoms with E-state index in [1.807, 2.05) is 29.0 Å². The summed E-state index contributed by atoms with van der Waals surface area (Å²) < 4.78 is 15.3. The average molecular weight is 255 g/mol. The van der Waals surface area contributed by atoms with Gasteiger partial charge in [0.15, 0.2) is 0 Å². The van der Waals surface area contributed by atoms with Crippen LogP contribution in [-0.4, -0.2) is 9.55 Å². The van der Waals surface area contributed by atoms with Crippen LogP contribution in [-0.2, 0) is 13.1 Å². The summed E-state index contributed by atoms with van der Waals surface area (Å²) in [5.74, 6) is -0.224. The molecule has 0 unspecified atom stereocenters. The second kappa shape index (κ2) is 4.82. The minimum atomic E-state index is -0.224. The Kier molecular flexibility index (Phi) is 3.01. The van der Waals surface area contributed by atoms with Gasteiger partial charge in [0.05, 0.1) is 11.2 Å². The zero-order chi connectivity index (χ0) is 13.2. The normalized spacial score (nSPS) is 11.1. The zero-order valence-electron chi connectivity index (χ0n) is 10.4. The highest BCUT2D eigenvalue weighted by molar-refractivity contribution is 5.80. The Balaban J connectivity index is 2.03. The van der Waals surface area contributed by atoms with Gasteiger partial charge in [-0.15, -0.1) is 0 Å². The molecule has 0 saturated carbocycles. The minimum Gasteiger partial charge on any atom is -0.343 e. The van der Waals surface area contributed by atoms with Crippen molar-refractivity contribution < 1.29 is 4.39 Å². The van der Waals surface area contributed by atoms with Gasteiger partial charge >= 0.3 is 0 Å². The molecule has 0 bridgehead atoms. The molecule has 2 aromatic heterocycles. The van der Waals surface area contributed by atoms with Gasteiger partial charge in [0, 0.05) is 25.5 Å². The van der Waals surface area contributed by atoms with Crippen molar-refractivity contribution in [1.82, 2.24) is 9.55 Å². The van der Waals surface area contributed by atoms with Gasteiger partial charge in [-0.25, -0.2) is 4.39 Å². The summed E-state index contributed by atoms with van der Waals surface area (Å²) in [6.45, 7) is 1.05. The van der Waals surface area contributed by atoms with Crippen molar-refractivity contribution in [3.8, 4) is 0 Å². The van der Waals surface area contributed by atoms with Crippen LogP contribution in [0.5, 0.6) is 0 Å². The summed E-state index contributed by atoms with van der Waals surface area (Å²) >= 11 is 0. The Labute approximate surface area is 110 Å². The molecule has 0 aliphatic carbocycles. The number of benzene rings is 1. The van der Waals surface area contributed by atoms with Gasteiger partial charge in [-0.05, 0) is 41.3 Å². The molecular weight excluding hydrogens is 241 g/mol. The summed E-state index contributed by atoms with van der Waals surface area (Å²) in [7, 11) is 0. The molecule has 0 spiro atoms. The number of hydrogen-bond acceptors (Lipinski definition) is 2. The van der Waals surface area contributed by atoms with Crippen LogP contribution in [0.4, 0.5) is 4.39 Å². The highest BCUT2D eigenvalue weighted by Crippen LogP contribution is 2.19. The van der Waals surface area contributed by atoms with Gasteiger partial charge in [0.1, 0.15) is 5.82 Å². The molecule has 19 heavy (non-hydrogen) atoms. The number of nitrogens with zero attached hydrogens (tertiary/aromatic N) is 2. The van der Waals surface area contributed by atoms with Crippen molar-refractivity contribution in [3.05, 3.63) is 65.9 Å². The zero-order valence-corrected chi connectivity index (χ0v) is 10.4. The lowest BCUT2D eigenvalue weighted by Crippen LogP contribution is -2.07. The van der Waals surface area contributed by atoms with Gasteiger partial charge < -0.3 is 10.3 Å². The van der Waals surface area contributed by atoms with E-state index in [1.165, 1.54) is 6.07 Å². The van der Waals surface area contributed by atoms with Crippen LogP contribution in [0.3, 0.4) is 0 Å². The first-order valence-electron chi connectivity index (χ1n) is 6.15. The Morgan fingerprint density at radius 2 is 2.11 bits per heavy atom. The minimum absolute atomic E-state index is 0.224. The van der Waals surface area contributed by atoms with Crippen LogP contribution in [0.15, 0.2) is 48.8 Å². The fraction of sp³-hybridized carbons (Fsp3) is 0.133. The van der Waals surface area contributed by atoms with Gasteiger partial charge in [-0.1, -0.05) is 6.07 Å². The fourth-order valence-corrected chi connectivity index (χ4v) is 2.28. The van der Waals surface area contributed by atoms with E-state index in [-0.39, 0.29) is 5.82 Å². The molecule has 0 amide bonds. The summed E-state index contributed by atoms with van der Waals surface area (Å²) in [4.78, 5) is 4.26. The smallest absolute Gasteiger partial charge is 0.125 e. The quantitative estimate of drug-likeness (QED) is 0.782. The second-order valence-electron chi connectivity index (χ2n) is 4.46. The lowest BCUT2D eigenvalue weighted by atomic mass is 10.2. The summed E-state index contributed by atoms with van der Waals surface area (Å²) in [6.07, 6.45) is 3.69. The van der Waals surface area contributed by atoms with Crippen LogP contribution < -0.4 is 5.73 Å². The molecule has 2 heterocycles. The van der Waals surface area contributed by atoms with Crippen LogP contribution >= 0.6 is 0 Å². The third-order valence-corrected chi connectivity index (χ3v) is 3.25. The van der Waals surface area contributed by atoms with Crippen molar-refractivity contribution in [2.24, 2.45) is 5.73 Å². The van der Waals surface area contributed by atoms with Gasteiger partial charge in [-0.3, -0.25) is 4.98 Å². The maximum absolute atomic E-state index is 13.3. The van der Waals surface area contributed by atoms with E-state index >= 15 is 0 Å². The Bertz CT molecular complexity index is 718. The fourth-order valence-electron chi connectivity index (χ4n) is 2.28. The molecule has 0 atom stereocenters. The van der Waals surface area contributed by atoms with Crippen molar-refractivity contribution in [1.29, 1.82) is 0 Å². The first kappa shape index (κ1) is 11.9. The highest BCUT2D eigenvalue weighted by Gasteiger charge is 2.06. The highest BCUT2D eigenvalue weighted by atomic mass is 19.1. The van der Waals surface area contributed by atoms with Crippen molar-refractivity contribution >= 4 is 10.9 Å². The molecule has 0 aliphatic heterocycles. The number of rotatable bonds is 3. The third kappa shape index (κ3) is 2.22. The van der Waals surface area contributed by atoms with E-state index in [4.69, 9.17) is 5.73 Å². The number of nitrogens with two attached hydrogens (primary N) is 1. The van der Waals surface area contributed by atoms with Crippen molar-refractivity contribution in [3.63, 3.8) is 0 Å². The SMILES string of the molecule is NCc1ncccc1Cn1ccc2ccc(F)cc21. The molecule has 2 N–H and O–H groups in total. The lowest BCUT2D eigenvalue weighted by Gasteiger charge is -2.09. The lowest BCUT2D eigenvalue weighted by molar-refractivity contribution is 0.628. The third-order valence-electron chi connectivity index (χ3n) is 3.25. The summed E-state index contributed by atoms with van der Waals surface area (Å²) in [5.41, 5.74) is 8.50. The molecule has 0 aliphatic rings. The molecule has 3 aromatic rings. The standard InChI is InChI=1S/C15H14FN3/c16-13-4-3-11-5-7-19(15(11)8-13)10-12-2-1-6-18-14(12)9-17/h1-8H,9-10,17H2. The predicted octanol–water partition coefficient (Wildman–Crippen LogP) is 2.68. The van der Waals surface area contributed by atoms with Crippen LogP contribution in [0, 0.1) is 5.82 Å². The van der Waals surface area contributed by atoms with E-state index in [9.17, 15) is 4.39 Å². The molecule has 96 valence electrons. The molecule has 0 radical (unpaired) electrons. The number of hydrogen-bond donors (Lipinski definition) is 1. The molecule has 4 heteroatoms. The Hall–Kier alpha value is -2.20. The van der Waals surface area contributed by atoms with Crippen LogP contribution in [0.1, 0.15) is 11.3 Å². The van der Waals surface area contributed by atoms with E-state index in [2.05, 4.69) is 4.98 Å². The van der Waals surface area contributed by atoms with E-state index in [1.54, 1.807) is 18.3 Å². The summed E-state index contributed by atoms with van der Waals surface area (Å²) in [6, 6.07) is 10.7. The van der Waals surface area contributed by atoms with Gasteiger partial charge in [0.25, 0.3) is 0 Å². The summed E-state index contributed by atoms with van der Waals surface area (Å²) in [5, 5.41) is 1.03. The number of aromatic nitrogens is 2. The molecule has 3 nitrogen and oxygen atoms in total. The Morgan fingerprint density at radius 3 is 2.95 bits per heavy atom. The van der Waals surface area contributed by atoms with Gasteiger partial charge in [0.2, 0.25) is 0 Å². The second-order valence-corrected chi connectivity index (χ2v) is 4.46.